The minimum absolute atomic E-state index is 0.137. The van der Waals surface area contributed by atoms with Crippen molar-refractivity contribution in [2.45, 2.75) is 52.4 Å². The standard InChI is InChI=1S/C26H30N2O4S/c1-25(2,3)18-11-15(12-19(21(18)29)26(4,5)6)13-20-22(30)28(7)24(33-20)27-17-10-8-9-16(14-17)23(31)32/h8-14,29H,1-7H3,(H,31,32). The van der Waals surface area contributed by atoms with Crippen molar-refractivity contribution in [3.05, 3.63) is 63.6 Å². The number of hydrogen-bond acceptors (Lipinski definition) is 5. The third-order valence-corrected chi connectivity index (χ3v) is 6.43. The van der Waals surface area contributed by atoms with Crippen molar-refractivity contribution in [1.29, 1.82) is 0 Å². The van der Waals surface area contributed by atoms with Gasteiger partial charge in [0.2, 0.25) is 0 Å². The summed E-state index contributed by atoms with van der Waals surface area (Å²) in [6.07, 6.45) is 1.82. The summed E-state index contributed by atoms with van der Waals surface area (Å²) in [4.78, 5) is 30.6. The summed E-state index contributed by atoms with van der Waals surface area (Å²) in [6, 6.07) is 10.2. The number of amidine groups is 1. The van der Waals surface area contributed by atoms with Crippen LogP contribution >= 0.6 is 11.8 Å². The van der Waals surface area contributed by atoms with E-state index in [2.05, 4.69) is 4.99 Å². The number of rotatable bonds is 3. The predicted molar refractivity (Wildman–Crippen MR) is 134 cm³/mol. The fourth-order valence-electron chi connectivity index (χ4n) is 3.51. The summed E-state index contributed by atoms with van der Waals surface area (Å²) >= 11 is 1.24. The molecule has 0 aliphatic carbocycles. The second-order valence-corrected chi connectivity index (χ2v) is 11.2. The van der Waals surface area contributed by atoms with Crippen LogP contribution in [0.2, 0.25) is 0 Å². The highest BCUT2D eigenvalue weighted by Crippen LogP contribution is 2.41. The first-order valence-corrected chi connectivity index (χ1v) is 11.5. The lowest BCUT2D eigenvalue weighted by Crippen LogP contribution is -2.23. The largest absolute Gasteiger partial charge is 0.507 e. The Balaban J connectivity index is 2.05. The zero-order valence-electron chi connectivity index (χ0n) is 20.1. The molecule has 1 heterocycles. The molecule has 33 heavy (non-hydrogen) atoms. The molecule has 174 valence electrons. The molecule has 0 aromatic heterocycles. The highest BCUT2D eigenvalue weighted by atomic mass is 32.2. The first-order chi connectivity index (χ1) is 15.2. The quantitative estimate of drug-likeness (QED) is 0.548. The highest BCUT2D eigenvalue weighted by Gasteiger charge is 2.31. The van der Waals surface area contributed by atoms with Crippen molar-refractivity contribution >= 4 is 40.6 Å². The zero-order valence-corrected chi connectivity index (χ0v) is 20.9. The van der Waals surface area contributed by atoms with Crippen LogP contribution in [0.15, 0.2) is 46.3 Å². The Hall–Kier alpha value is -3.06. The summed E-state index contributed by atoms with van der Waals surface area (Å²) in [7, 11) is 1.65. The number of aromatic carboxylic acids is 1. The molecule has 0 saturated carbocycles. The van der Waals surface area contributed by atoms with Gasteiger partial charge in [0.15, 0.2) is 5.17 Å². The Labute approximate surface area is 199 Å². The summed E-state index contributed by atoms with van der Waals surface area (Å²) in [6.45, 7) is 12.3. The molecule has 0 spiro atoms. The van der Waals surface area contributed by atoms with Crippen LogP contribution in [0.3, 0.4) is 0 Å². The number of carboxylic acid groups (broad SMARTS) is 1. The third kappa shape index (κ3) is 5.30. The monoisotopic (exact) mass is 466 g/mol. The second kappa shape index (κ2) is 8.71. The number of nitrogens with zero attached hydrogens (tertiary/aromatic N) is 2. The molecule has 1 saturated heterocycles. The first kappa shape index (κ1) is 24.6. The fourth-order valence-corrected chi connectivity index (χ4v) is 4.49. The number of carboxylic acids is 1. The van der Waals surface area contributed by atoms with Crippen molar-refractivity contribution in [2.75, 3.05) is 7.05 Å². The molecule has 2 aromatic rings. The van der Waals surface area contributed by atoms with Gasteiger partial charge in [-0.15, -0.1) is 0 Å². The molecule has 2 N–H and O–H groups in total. The minimum Gasteiger partial charge on any atom is -0.507 e. The molecule has 0 bridgehead atoms. The summed E-state index contributed by atoms with van der Waals surface area (Å²) < 4.78 is 0. The van der Waals surface area contributed by atoms with Gasteiger partial charge in [-0.25, -0.2) is 9.79 Å². The number of thioether (sulfide) groups is 1. The lowest BCUT2D eigenvalue weighted by molar-refractivity contribution is -0.121. The van der Waals surface area contributed by atoms with Crippen LogP contribution in [0, 0.1) is 0 Å². The van der Waals surface area contributed by atoms with Crippen molar-refractivity contribution in [3.8, 4) is 5.75 Å². The molecule has 0 atom stereocenters. The molecular weight excluding hydrogens is 436 g/mol. The van der Waals surface area contributed by atoms with Crippen LogP contribution in [0.5, 0.6) is 5.75 Å². The Morgan fingerprint density at radius 2 is 1.61 bits per heavy atom. The predicted octanol–water partition coefficient (Wildman–Crippen LogP) is 5.92. The van der Waals surface area contributed by atoms with Gasteiger partial charge >= 0.3 is 5.97 Å². The highest BCUT2D eigenvalue weighted by molar-refractivity contribution is 8.18. The van der Waals surface area contributed by atoms with E-state index in [1.807, 2.05) is 59.8 Å². The van der Waals surface area contributed by atoms with Crippen LogP contribution in [0.4, 0.5) is 5.69 Å². The van der Waals surface area contributed by atoms with Gasteiger partial charge in [0, 0.05) is 18.2 Å². The number of likely N-dealkylation sites (N-methyl/N-ethyl adjacent to an activating group) is 1. The number of hydrogen-bond donors (Lipinski definition) is 2. The molecule has 3 rings (SSSR count). The molecule has 1 aliphatic heterocycles. The Morgan fingerprint density at radius 3 is 2.12 bits per heavy atom. The number of aliphatic imine (C=N–C) groups is 1. The molecule has 7 heteroatoms. The maximum Gasteiger partial charge on any atom is 0.335 e. The van der Waals surface area contributed by atoms with Crippen LogP contribution in [-0.2, 0) is 15.6 Å². The number of benzene rings is 2. The van der Waals surface area contributed by atoms with E-state index in [-0.39, 0.29) is 22.3 Å². The van der Waals surface area contributed by atoms with Crippen LogP contribution in [0.1, 0.15) is 68.6 Å². The van der Waals surface area contributed by atoms with Crippen molar-refractivity contribution in [1.82, 2.24) is 4.90 Å². The normalized spacial score (nSPS) is 17.3. The SMILES string of the molecule is CN1C(=O)C(=Cc2cc(C(C)(C)C)c(O)c(C(C)(C)C)c2)SC1=Nc1cccc(C(=O)O)c1. The van der Waals surface area contributed by atoms with E-state index in [0.29, 0.717) is 21.5 Å². The summed E-state index contributed by atoms with van der Waals surface area (Å²) in [5.74, 6) is -0.922. The van der Waals surface area contributed by atoms with Gasteiger partial charge in [-0.2, -0.15) is 0 Å². The van der Waals surface area contributed by atoms with Crippen LogP contribution in [-0.4, -0.2) is 39.2 Å². The van der Waals surface area contributed by atoms with E-state index in [9.17, 15) is 19.8 Å². The van der Waals surface area contributed by atoms with E-state index in [4.69, 9.17) is 0 Å². The van der Waals surface area contributed by atoms with Crippen LogP contribution in [0.25, 0.3) is 6.08 Å². The number of aromatic hydroxyl groups is 1. The number of phenols is 1. The number of carbonyl (C=O) groups is 2. The Bertz CT molecular complexity index is 1150. The Morgan fingerprint density at radius 1 is 1.03 bits per heavy atom. The lowest BCUT2D eigenvalue weighted by Gasteiger charge is -2.28. The molecule has 2 aromatic carbocycles. The molecular formula is C26H30N2O4S. The molecule has 1 fully saturated rings. The van der Waals surface area contributed by atoms with Crippen molar-refractivity contribution in [3.63, 3.8) is 0 Å². The fraction of sp³-hybridized carbons (Fsp3) is 0.346. The smallest absolute Gasteiger partial charge is 0.335 e. The van der Waals surface area contributed by atoms with E-state index in [0.717, 1.165) is 16.7 Å². The number of carbonyl (C=O) groups excluding carboxylic acids is 1. The molecule has 1 amide bonds. The second-order valence-electron chi connectivity index (χ2n) is 10.2. The number of phenolic OH excluding ortho intramolecular Hbond substituents is 1. The third-order valence-electron chi connectivity index (χ3n) is 5.37. The molecule has 6 nitrogen and oxygen atoms in total. The number of amides is 1. The van der Waals surface area contributed by atoms with E-state index < -0.39 is 5.97 Å². The van der Waals surface area contributed by atoms with Gasteiger partial charge in [0.25, 0.3) is 5.91 Å². The van der Waals surface area contributed by atoms with Gasteiger partial charge in [0.05, 0.1) is 16.2 Å². The molecule has 0 unspecified atom stereocenters. The topological polar surface area (TPSA) is 90.2 Å². The van der Waals surface area contributed by atoms with Crippen molar-refractivity contribution in [2.24, 2.45) is 4.99 Å². The van der Waals surface area contributed by atoms with Gasteiger partial charge in [0.1, 0.15) is 5.75 Å². The van der Waals surface area contributed by atoms with Gasteiger partial charge < -0.3 is 10.2 Å². The lowest BCUT2D eigenvalue weighted by atomic mass is 9.78. The molecule has 0 radical (unpaired) electrons. The average Bonchev–Trinajstić information content (AvgIpc) is 2.95. The Kier molecular flexibility index (Phi) is 6.48. The van der Waals surface area contributed by atoms with Gasteiger partial charge in [-0.3, -0.25) is 9.69 Å². The summed E-state index contributed by atoms with van der Waals surface area (Å²) in [5.41, 5.74) is 2.54. The van der Waals surface area contributed by atoms with Crippen LogP contribution < -0.4 is 0 Å². The van der Waals surface area contributed by atoms with E-state index >= 15 is 0 Å². The van der Waals surface area contributed by atoms with E-state index in [1.165, 1.54) is 28.8 Å². The first-order valence-electron chi connectivity index (χ1n) is 10.7. The van der Waals surface area contributed by atoms with Gasteiger partial charge in [-0.05, 0) is 64.6 Å². The average molecular weight is 467 g/mol. The minimum atomic E-state index is -1.03. The van der Waals surface area contributed by atoms with Crippen molar-refractivity contribution < 1.29 is 19.8 Å². The van der Waals surface area contributed by atoms with Gasteiger partial charge in [-0.1, -0.05) is 47.6 Å². The maximum absolute atomic E-state index is 12.9. The zero-order chi connectivity index (χ0) is 24.7. The molecule has 1 aliphatic rings. The maximum atomic E-state index is 12.9. The van der Waals surface area contributed by atoms with E-state index in [1.54, 1.807) is 19.2 Å². The summed E-state index contributed by atoms with van der Waals surface area (Å²) in [5, 5.41) is 20.6.